The van der Waals surface area contributed by atoms with Gasteiger partial charge in [-0.2, -0.15) is 0 Å². The SMILES string of the molecule is Cc1cc2c(CN)nccc2s1. The standard InChI is InChI=1S/C9H10N2S/c1-6-4-7-8(5-10)11-3-2-9(7)12-6/h2-4H,5,10H2,1H3. The van der Waals surface area contributed by atoms with Crippen molar-refractivity contribution in [1.29, 1.82) is 0 Å². The first kappa shape index (κ1) is 7.71. The lowest BCUT2D eigenvalue weighted by Gasteiger charge is -1.95. The van der Waals surface area contributed by atoms with Crippen molar-refractivity contribution in [2.24, 2.45) is 5.73 Å². The van der Waals surface area contributed by atoms with Crippen molar-refractivity contribution in [3.63, 3.8) is 0 Å². The summed E-state index contributed by atoms with van der Waals surface area (Å²) in [6.07, 6.45) is 1.82. The molecule has 0 radical (unpaired) electrons. The van der Waals surface area contributed by atoms with Gasteiger partial charge in [0, 0.05) is 27.7 Å². The summed E-state index contributed by atoms with van der Waals surface area (Å²) in [6.45, 7) is 2.62. The Kier molecular flexibility index (Phi) is 1.83. The number of hydrogen-bond acceptors (Lipinski definition) is 3. The predicted octanol–water partition coefficient (Wildman–Crippen LogP) is 2.06. The normalized spacial score (nSPS) is 10.8. The minimum Gasteiger partial charge on any atom is -0.325 e. The maximum Gasteiger partial charge on any atom is 0.0626 e. The molecule has 0 aliphatic heterocycles. The summed E-state index contributed by atoms with van der Waals surface area (Å²) in [5, 5.41) is 1.21. The van der Waals surface area contributed by atoms with E-state index in [-0.39, 0.29) is 0 Å². The molecule has 2 heterocycles. The fourth-order valence-corrected chi connectivity index (χ4v) is 2.25. The largest absolute Gasteiger partial charge is 0.325 e. The van der Waals surface area contributed by atoms with Crippen LogP contribution in [0, 0.1) is 6.92 Å². The molecule has 0 fully saturated rings. The zero-order chi connectivity index (χ0) is 8.55. The highest BCUT2D eigenvalue weighted by Gasteiger charge is 2.02. The lowest BCUT2D eigenvalue weighted by Crippen LogP contribution is -1.98. The van der Waals surface area contributed by atoms with Gasteiger partial charge in [-0.15, -0.1) is 11.3 Å². The summed E-state index contributed by atoms with van der Waals surface area (Å²) in [5.41, 5.74) is 6.56. The molecule has 2 aromatic rings. The Hall–Kier alpha value is -0.930. The smallest absolute Gasteiger partial charge is 0.0626 e. The van der Waals surface area contributed by atoms with E-state index in [4.69, 9.17) is 5.73 Å². The van der Waals surface area contributed by atoms with Gasteiger partial charge in [0.05, 0.1) is 5.69 Å². The minimum absolute atomic E-state index is 0.521. The number of nitrogens with two attached hydrogens (primary N) is 1. The summed E-state index contributed by atoms with van der Waals surface area (Å²) in [5.74, 6) is 0. The van der Waals surface area contributed by atoms with Crippen molar-refractivity contribution in [3.8, 4) is 0 Å². The van der Waals surface area contributed by atoms with Gasteiger partial charge in [-0.25, -0.2) is 0 Å². The molecule has 0 saturated heterocycles. The van der Waals surface area contributed by atoms with Crippen LogP contribution in [0.3, 0.4) is 0 Å². The van der Waals surface area contributed by atoms with Crippen LogP contribution in [0.5, 0.6) is 0 Å². The molecule has 0 aromatic carbocycles. The Morgan fingerprint density at radius 1 is 1.58 bits per heavy atom. The van der Waals surface area contributed by atoms with Gasteiger partial charge in [-0.05, 0) is 19.1 Å². The zero-order valence-corrected chi connectivity index (χ0v) is 7.69. The third-order valence-corrected chi connectivity index (χ3v) is 2.86. The summed E-state index contributed by atoms with van der Waals surface area (Å²) in [7, 11) is 0. The number of pyridine rings is 1. The Labute approximate surface area is 75.0 Å². The minimum atomic E-state index is 0.521. The van der Waals surface area contributed by atoms with Crippen molar-refractivity contribution in [2.45, 2.75) is 13.5 Å². The number of nitrogens with zero attached hydrogens (tertiary/aromatic N) is 1. The molecule has 12 heavy (non-hydrogen) atoms. The van der Waals surface area contributed by atoms with Crippen LogP contribution in [0.2, 0.25) is 0 Å². The molecule has 62 valence electrons. The van der Waals surface area contributed by atoms with Gasteiger partial charge < -0.3 is 5.73 Å². The van der Waals surface area contributed by atoms with Crippen LogP contribution >= 0.6 is 11.3 Å². The number of aromatic nitrogens is 1. The van der Waals surface area contributed by atoms with Gasteiger partial charge in [0.1, 0.15) is 0 Å². The number of fused-ring (bicyclic) bond motifs is 1. The van der Waals surface area contributed by atoms with E-state index in [9.17, 15) is 0 Å². The first-order chi connectivity index (χ1) is 5.81. The average Bonchev–Trinajstić information content (AvgIpc) is 2.44. The monoisotopic (exact) mass is 178 g/mol. The summed E-state index contributed by atoms with van der Waals surface area (Å²) < 4.78 is 1.28. The Balaban J connectivity index is 2.78. The van der Waals surface area contributed by atoms with Crippen molar-refractivity contribution in [3.05, 3.63) is 28.9 Å². The zero-order valence-electron chi connectivity index (χ0n) is 6.87. The molecule has 0 unspecified atom stereocenters. The first-order valence-corrected chi connectivity index (χ1v) is 4.67. The summed E-state index contributed by atoms with van der Waals surface area (Å²) >= 11 is 1.79. The maximum absolute atomic E-state index is 5.57. The molecule has 2 N–H and O–H groups in total. The molecule has 2 nitrogen and oxygen atoms in total. The highest BCUT2D eigenvalue weighted by atomic mass is 32.1. The lowest BCUT2D eigenvalue weighted by molar-refractivity contribution is 1.01. The van der Waals surface area contributed by atoms with Crippen LogP contribution in [-0.2, 0) is 6.54 Å². The van der Waals surface area contributed by atoms with E-state index in [2.05, 4.69) is 18.0 Å². The summed E-state index contributed by atoms with van der Waals surface area (Å²) in [4.78, 5) is 5.53. The number of thiophene rings is 1. The molecule has 0 atom stereocenters. The van der Waals surface area contributed by atoms with E-state index in [1.54, 1.807) is 11.3 Å². The van der Waals surface area contributed by atoms with Crippen LogP contribution in [-0.4, -0.2) is 4.98 Å². The van der Waals surface area contributed by atoms with Crippen LogP contribution in [0.1, 0.15) is 10.6 Å². The molecule has 2 aromatic heterocycles. The second-order valence-corrected chi connectivity index (χ2v) is 4.02. The van der Waals surface area contributed by atoms with Crippen molar-refractivity contribution in [2.75, 3.05) is 0 Å². The van der Waals surface area contributed by atoms with E-state index >= 15 is 0 Å². The highest BCUT2D eigenvalue weighted by molar-refractivity contribution is 7.19. The van der Waals surface area contributed by atoms with E-state index in [1.807, 2.05) is 12.3 Å². The third kappa shape index (κ3) is 1.11. The Morgan fingerprint density at radius 2 is 2.42 bits per heavy atom. The molecular formula is C9H10N2S. The average molecular weight is 178 g/mol. The fourth-order valence-electron chi connectivity index (χ4n) is 1.31. The Bertz CT molecular complexity index is 406. The second-order valence-electron chi connectivity index (χ2n) is 2.73. The van der Waals surface area contributed by atoms with Crippen LogP contribution in [0.15, 0.2) is 18.3 Å². The molecule has 0 amide bonds. The lowest BCUT2D eigenvalue weighted by atomic mass is 10.2. The Morgan fingerprint density at radius 3 is 3.17 bits per heavy atom. The van der Waals surface area contributed by atoms with Crippen LogP contribution in [0.25, 0.3) is 10.1 Å². The molecule has 3 heteroatoms. The summed E-state index contributed by atoms with van der Waals surface area (Å²) in [6, 6.07) is 4.18. The van der Waals surface area contributed by atoms with Gasteiger partial charge >= 0.3 is 0 Å². The first-order valence-electron chi connectivity index (χ1n) is 3.85. The molecule has 2 rings (SSSR count). The van der Waals surface area contributed by atoms with E-state index in [1.165, 1.54) is 15.0 Å². The van der Waals surface area contributed by atoms with Crippen molar-refractivity contribution in [1.82, 2.24) is 4.98 Å². The van der Waals surface area contributed by atoms with Gasteiger partial charge in [0.15, 0.2) is 0 Å². The molecule has 0 aliphatic carbocycles. The molecule has 0 saturated carbocycles. The molecule has 0 aliphatic rings. The maximum atomic E-state index is 5.57. The quantitative estimate of drug-likeness (QED) is 0.726. The van der Waals surface area contributed by atoms with Gasteiger partial charge in [0.25, 0.3) is 0 Å². The van der Waals surface area contributed by atoms with Crippen molar-refractivity contribution < 1.29 is 0 Å². The molecule has 0 spiro atoms. The van der Waals surface area contributed by atoms with Crippen LogP contribution < -0.4 is 5.73 Å². The third-order valence-electron chi connectivity index (χ3n) is 1.84. The van der Waals surface area contributed by atoms with Gasteiger partial charge in [0.2, 0.25) is 0 Å². The number of aryl methyl sites for hydroxylation is 1. The second kappa shape index (κ2) is 2.84. The van der Waals surface area contributed by atoms with Crippen molar-refractivity contribution >= 4 is 21.4 Å². The molecule has 0 bridgehead atoms. The molecular weight excluding hydrogens is 168 g/mol. The fraction of sp³-hybridized carbons (Fsp3) is 0.222. The number of hydrogen-bond donors (Lipinski definition) is 1. The van der Waals surface area contributed by atoms with E-state index in [0.717, 1.165) is 5.69 Å². The van der Waals surface area contributed by atoms with Gasteiger partial charge in [-0.3, -0.25) is 4.98 Å². The van der Waals surface area contributed by atoms with E-state index < -0.39 is 0 Å². The van der Waals surface area contributed by atoms with E-state index in [0.29, 0.717) is 6.54 Å². The van der Waals surface area contributed by atoms with Gasteiger partial charge in [-0.1, -0.05) is 0 Å². The van der Waals surface area contributed by atoms with Crippen LogP contribution in [0.4, 0.5) is 0 Å². The topological polar surface area (TPSA) is 38.9 Å². The predicted molar refractivity (Wildman–Crippen MR) is 52.2 cm³/mol. The number of rotatable bonds is 1. The highest BCUT2D eigenvalue weighted by Crippen LogP contribution is 2.25.